The summed E-state index contributed by atoms with van der Waals surface area (Å²) in [5.41, 5.74) is 1.30. The minimum atomic E-state index is -5.08. The fourth-order valence-electron chi connectivity index (χ4n) is 3.19. The quantitative estimate of drug-likeness (QED) is 0.848. The number of nitrogens with one attached hydrogen (secondary N) is 1. The van der Waals surface area contributed by atoms with Crippen LogP contribution in [0.5, 0.6) is 5.75 Å². The highest BCUT2D eigenvalue weighted by atomic mass is 19.4. The summed E-state index contributed by atoms with van der Waals surface area (Å²) in [5, 5.41) is 10.2. The number of aliphatic carboxylic acids is 1. The molecule has 0 radical (unpaired) electrons. The van der Waals surface area contributed by atoms with Crippen molar-refractivity contribution < 1.29 is 32.6 Å². The van der Waals surface area contributed by atoms with Crippen LogP contribution in [0.1, 0.15) is 24.8 Å². The van der Waals surface area contributed by atoms with Gasteiger partial charge in [-0.3, -0.25) is 9.69 Å². The first-order chi connectivity index (χ1) is 12.2. The van der Waals surface area contributed by atoms with Gasteiger partial charge < -0.3 is 15.2 Å². The number of amides is 1. The first kappa shape index (κ1) is 20.0. The molecule has 2 aliphatic rings. The number of carboxylic acids is 1. The largest absolute Gasteiger partial charge is 0.497 e. The highest BCUT2D eigenvalue weighted by molar-refractivity contribution is 5.77. The van der Waals surface area contributed by atoms with Crippen LogP contribution in [0.4, 0.5) is 13.2 Å². The summed E-state index contributed by atoms with van der Waals surface area (Å²) >= 11 is 0. The molecule has 0 aliphatic carbocycles. The molecule has 0 spiro atoms. The summed E-state index contributed by atoms with van der Waals surface area (Å²) in [6, 6.07) is 9.12. The molecule has 26 heavy (non-hydrogen) atoms. The maximum Gasteiger partial charge on any atom is 0.490 e. The number of hydrogen-bond donors (Lipinski definition) is 2. The van der Waals surface area contributed by atoms with E-state index in [1.165, 1.54) is 5.56 Å². The lowest BCUT2D eigenvalue weighted by molar-refractivity contribution is -0.192. The van der Waals surface area contributed by atoms with Crippen LogP contribution >= 0.6 is 0 Å². The Balaban J connectivity index is 0.000000298. The van der Waals surface area contributed by atoms with Crippen molar-refractivity contribution in [3.05, 3.63) is 29.8 Å². The Morgan fingerprint density at radius 2 is 1.92 bits per heavy atom. The number of ether oxygens (including phenoxy) is 1. The number of rotatable bonds is 3. The molecule has 2 heterocycles. The van der Waals surface area contributed by atoms with Crippen molar-refractivity contribution in [3.63, 3.8) is 0 Å². The van der Waals surface area contributed by atoms with E-state index in [4.69, 9.17) is 14.6 Å². The van der Waals surface area contributed by atoms with Crippen LogP contribution in [-0.4, -0.2) is 53.8 Å². The zero-order valence-corrected chi connectivity index (χ0v) is 14.3. The number of piperidine rings is 1. The molecule has 1 aromatic carbocycles. The van der Waals surface area contributed by atoms with Gasteiger partial charge in [0, 0.05) is 31.6 Å². The number of hydrogen-bond acceptors (Lipinski definition) is 4. The first-order valence-corrected chi connectivity index (χ1v) is 8.17. The van der Waals surface area contributed by atoms with Gasteiger partial charge in [-0.25, -0.2) is 4.79 Å². The molecule has 1 aromatic rings. The second-order valence-corrected chi connectivity index (χ2v) is 6.19. The van der Waals surface area contributed by atoms with Gasteiger partial charge in [0.15, 0.2) is 0 Å². The van der Waals surface area contributed by atoms with E-state index < -0.39 is 12.1 Å². The standard InChI is InChI=1S/C15H20N2O2.C2HF3O2/c1-19-12-4-2-11(3-5-12)10-17-9-8-13-14(17)6-7-15(18)16-13;3-2(4,5)1(6)7/h2-5,13-14H,6-10H2,1H3,(H,16,18);(H,6,7)/t13-,14-;/m0./s1. The molecule has 0 saturated carbocycles. The number of methoxy groups -OCH3 is 1. The van der Waals surface area contributed by atoms with Crippen molar-refractivity contribution in [2.45, 2.75) is 44.1 Å². The van der Waals surface area contributed by atoms with Crippen LogP contribution in [0.2, 0.25) is 0 Å². The Bertz CT molecular complexity index is 634. The van der Waals surface area contributed by atoms with Crippen molar-refractivity contribution in [1.29, 1.82) is 0 Å². The third-order valence-electron chi connectivity index (χ3n) is 4.46. The molecule has 2 fully saturated rings. The fraction of sp³-hybridized carbons (Fsp3) is 0.529. The van der Waals surface area contributed by atoms with Gasteiger partial charge >= 0.3 is 12.1 Å². The van der Waals surface area contributed by atoms with Gasteiger partial charge in [-0.2, -0.15) is 13.2 Å². The Morgan fingerprint density at radius 3 is 2.46 bits per heavy atom. The predicted molar refractivity (Wildman–Crippen MR) is 86.7 cm³/mol. The molecule has 2 N–H and O–H groups in total. The van der Waals surface area contributed by atoms with Gasteiger partial charge in [0.2, 0.25) is 5.91 Å². The lowest BCUT2D eigenvalue weighted by Gasteiger charge is -2.32. The van der Waals surface area contributed by atoms with Crippen LogP contribution in [0.15, 0.2) is 24.3 Å². The minimum absolute atomic E-state index is 0.215. The number of nitrogens with zero attached hydrogens (tertiary/aromatic N) is 1. The molecule has 9 heteroatoms. The molecule has 3 rings (SSSR count). The summed E-state index contributed by atoms with van der Waals surface area (Å²) in [5.74, 6) is -1.65. The van der Waals surface area contributed by atoms with E-state index in [-0.39, 0.29) is 5.91 Å². The third-order valence-corrected chi connectivity index (χ3v) is 4.46. The van der Waals surface area contributed by atoms with E-state index in [1.807, 2.05) is 12.1 Å². The monoisotopic (exact) mass is 374 g/mol. The molecule has 2 atom stereocenters. The van der Waals surface area contributed by atoms with Crippen LogP contribution < -0.4 is 10.1 Å². The molecule has 6 nitrogen and oxygen atoms in total. The lowest BCUT2D eigenvalue weighted by atomic mass is 9.99. The Hall–Kier alpha value is -2.29. The maximum atomic E-state index is 11.4. The second kappa shape index (κ2) is 8.39. The minimum Gasteiger partial charge on any atom is -0.497 e. The van der Waals surface area contributed by atoms with Crippen LogP contribution in [0, 0.1) is 0 Å². The summed E-state index contributed by atoms with van der Waals surface area (Å²) < 4.78 is 36.9. The van der Waals surface area contributed by atoms with Gasteiger partial charge in [0.1, 0.15) is 5.75 Å². The molecule has 2 saturated heterocycles. The van der Waals surface area contributed by atoms with Crippen LogP contribution in [0.3, 0.4) is 0 Å². The average molecular weight is 374 g/mol. The summed E-state index contributed by atoms with van der Waals surface area (Å²) in [7, 11) is 1.69. The zero-order valence-electron chi connectivity index (χ0n) is 14.3. The van der Waals surface area contributed by atoms with Crippen LogP contribution in [0.25, 0.3) is 0 Å². The highest BCUT2D eigenvalue weighted by Gasteiger charge is 2.38. The number of fused-ring (bicyclic) bond motifs is 1. The SMILES string of the molecule is COc1ccc(CN2CC[C@@H]3NC(=O)CC[C@@H]32)cc1.O=C(O)C(F)(F)F. The van der Waals surface area contributed by atoms with E-state index in [0.717, 1.165) is 31.7 Å². The molecular weight excluding hydrogens is 353 g/mol. The molecule has 1 amide bonds. The number of halogens is 3. The van der Waals surface area contributed by atoms with Crippen molar-refractivity contribution in [2.24, 2.45) is 0 Å². The highest BCUT2D eigenvalue weighted by Crippen LogP contribution is 2.27. The number of carboxylic acid groups (broad SMARTS) is 1. The first-order valence-electron chi connectivity index (χ1n) is 8.17. The number of carbonyl (C=O) groups is 2. The summed E-state index contributed by atoms with van der Waals surface area (Å²) in [6.07, 6.45) is -2.35. The van der Waals surface area contributed by atoms with Gasteiger partial charge in [-0.15, -0.1) is 0 Å². The number of alkyl halides is 3. The average Bonchev–Trinajstić information content (AvgIpc) is 2.97. The third kappa shape index (κ3) is 5.35. The van der Waals surface area contributed by atoms with Crippen LogP contribution in [-0.2, 0) is 16.1 Å². The van der Waals surface area contributed by atoms with Gasteiger partial charge in [-0.1, -0.05) is 12.1 Å². The Morgan fingerprint density at radius 1 is 1.31 bits per heavy atom. The van der Waals surface area contributed by atoms with Gasteiger partial charge in [-0.05, 0) is 30.5 Å². The second-order valence-electron chi connectivity index (χ2n) is 6.19. The lowest BCUT2D eigenvalue weighted by Crippen LogP contribution is -2.49. The smallest absolute Gasteiger partial charge is 0.490 e. The fourth-order valence-corrected chi connectivity index (χ4v) is 3.19. The topological polar surface area (TPSA) is 78.9 Å². The number of benzene rings is 1. The van der Waals surface area contributed by atoms with E-state index in [1.54, 1.807) is 7.11 Å². The van der Waals surface area contributed by atoms with E-state index in [2.05, 4.69) is 22.3 Å². The molecule has 0 unspecified atom stereocenters. The number of carbonyl (C=O) groups excluding carboxylic acids is 1. The van der Waals surface area contributed by atoms with E-state index >= 15 is 0 Å². The Kier molecular flexibility index (Phi) is 6.47. The molecule has 144 valence electrons. The predicted octanol–water partition coefficient (Wildman–Crippen LogP) is 2.18. The van der Waals surface area contributed by atoms with Crippen molar-refractivity contribution in [2.75, 3.05) is 13.7 Å². The van der Waals surface area contributed by atoms with E-state index in [0.29, 0.717) is 18.5 Å². The molecule has 0 bridgehead atoms. The van der Waals surface area contributed by atoms with Crippen molar-refractivity contribution in [1.82, 2.24) is 10.2 Å². The van der Waals surface area contributed by atoms with E-state index in [9.17, 15) is 18.0 Å². The Labute approximate surface area is 148 Å². The molecule has 2 aliphatic heterocycles. The summed E-state index contributed by atoms with van der Waals surface area (Å²) in [4.78, 5) is 22.8. The molecular formula is C17H21F3N2O4. The van der Waals surface area contributed by atoms with Crippen molar-refractivity contribution >= 4 is 11.9 Å². The normalized spacial score (nSPS) is 22.7. The van der Waals surface area contributed by atoms with Gasteiger partial charge in [0.25, 0.3) is 0 Å². The summed E-state index contributed by atoms with van der Waals surface area (Å²) in [6.45, 7) is 2.03. The zero-order chi connectivity index (χ0) is 19.3. The maximum absolute atomic E-state index is 11.4. The molecule has 0 aromatic heterocycles. The van der Waals surface area contributed by atoms with Crippen molar-refractivity contribution in [3.8, 4) is 5.75 Å². The number of likely N-dealkylation sites (tertiary alicyclic amines) is 1. The van der Waals surface area contributed by atoms with Gasteiger partial charge in [0.05, 0.1) is 7.11 Å².